The number of nitrogens with zero attached hydrogens (tertiary/aromatic N) is 2. The Bertz CT molecular complexity index is 1220. The molecule has 164 valence electrons. The van der Waals surface area contributed by atoms with E-state index >= 15 is 0 Å². The normalized spacial score (nSPS) is 11.8. The van der Waals surface area contributed by atoms with E-state index in [0.29, 0.717) is 23.5 Å². The highest BCUT2D eigenvalue weighted by molar-refractivity contribution is 5.95. The SMILES string of the molecule is CCn1c(C(Cc2ccccc2)NC(=O)c2ccc(OC)c(OC)c2)nc2ccccc21. The average Bonchev–Trinajstić information content (AvgIpc) is 3.22. The molecule has 6 nitrogen and oxygen atoms in total. The number of hydrogen-bond donors (Lipinski definition) is 1. The van der Waals surface area contributed by atoms with Crippen LogP contribution in [0.25, 0.3) is 11.0 Å². The number of aromatic nitrogens is 2. The second-order valence-electron chi connectivity index (χ2n) is 7.49. The van der Waals surface area contributed by atoms with E-state index in [1.807, 2.05) is 36.4 Å². The van der Waals surface area contributed by atoms with Crippen LogP contribution in [0.15, 0.2) is 72.8 Å². The van der Waals surface area contributed by atoms with Crippen molar-refractivity contribution in [2.45, 2.75) is 25.9 Å². The Hall–Kier alpha value is -3.80. The predicted molar refractivity (Wildman–Crippen MR) is 125 cm³/mol. The van der Waals surface area contributed by atoms with Gasteiger partial charge in [-0.3, -0.25) is 4.79 Å². The van der Waals surface area contributed by atoms with Crippen molar-refractivity contribution in [3.05, 3.63) is 89.7 Å². The first-order valence-corrected chi connectivity index (χ1v) is 10.7. The fraction of sp³-hybridized carbons (Fsp3) is 0.231. The lowest BCUT2D eigenvalue weighted by atomic mass is 10.0. The van der Waals surface area contributed by atoms with Crippen LogP contribution < -0.4 is 14.8 Å². The molecule has 1 N–H and O–H groups in total. The van der Waals surface area contributed by atoms with Crippen molar-refractivity contribution in [1.82, 2.24) is 14.9 Å². The molecule has 0 bridgehead atoms. The maximum Gasteiger partial charge on any atom is 0.252 e. The van der Waals surface area contributed by atoms with Crippen molar-refractivity contribution in [2.75, 3.05) is 14.2 Å². The second kappa shape index (κ2) is 9.56. The summed E-state index contributed by atoms with van der Waals surface area (Å²) in [6.07, 6.45) is 0.628. The maximum absolute atomic E-state index is 13.3. The first-order chi connectivity index (χ1) is 15.6. The Morgan fingerprint density at radius 2 is 1.69 bits per heavy atom. The van der Waals surface area contributed by atoms with Crippen LogP contribution in [-0.2, 0) is 13.0 Å². The molecular formula is C26H27N3O3. The minimum absolute atomic E-state index is 0.193. The minimum atomic E-state index is -0.301. The average molecular weight is 430 g/mol. The van der Waals surface area contributed by atoms with Crippen molar-refractivity contribution >= 4 is 16.9 Å². The molecule has 0 radical (unpaired) electrons. The molecule has 1 heterocycles. The Kier molecular flexibility index (Phi) is 6.40. The van der Waals surface area contributed by atoms with Crippen LogP contribution in [0.2, 0.25) is 0 Å². The smallest absolute Gasteiger partial charge is 0.252 e. The highest BCUT2D eigenvalue weighted by atomic mass is 16.5. The molecule has 1 amide bonds. The van der Waals surface area contributed by atoms with E-state index < -0.39 is 0 Å². The van der Waals surface area contributed by atoms with Crippen LogP contribution in [0.4, 0.5) is 0 Å². The molecule has 32 heavy (non-hydrogen) atoms. The summed E-state index contributed by atoms with van der Waals surface area (Å²) in [4.78, 5) is 18.1. The Balaban J connectivity index is 1.71. The molecule has 0 aliphatic carbocycles. The fourth-order valence-electron chi connectivity index (χ4n) is 3.97. The van der Waals surface area contributed by atoms with Crippen LogP contribution in [0.3, 0.4) is 0 Å². The van der Waals surface area contributed by atoms with Crippen molar-refractivity contribution in [1.29, 1.82) is 0 Å². The van der Waals surface area contributed by atoms with E-state index in [1.54, 1.807) is 32.4 Å². The number of para-hydroxylation sites is 2. The molecule has 1 unspecified atom stereocenters. The molecule has 0 saturated carbocycles. The van der Waals surface area contributed by atoms with Gasteiger partial charge in [0.1, 0.15) is 5.82 Å². The van der Waals surface area contributed by atoms with Crippen molar-refractivity contribution in [2.24, 2.45) is 0 Å². The lowest BCUT2D eigenvalue weighted by molar-refractivity contribution is 0.0933. The molecule has 4 rings (SSSR count). The first kappa shape index (κ1) is 21.4. The first-order valence-electron chi connectivity index (χ1n) is 10.7. The summed E-state index contributed by atoms with van der Waals surface area (Å²) in [5, 5.41) is 3.20. The van der Waals surface area contributed by atoms with Gasteiger partial charge < -0.3 is 19.4 Å². The molecule has 0 saturated heterocycles. The van der Waals surface area contributed by atoms with Crippen LogP contribution in [0.5, 0.6) is 11.5 Å². The molecule has 6 heteroatoms. The lowest BCUT2D eigenvalue weighted by Crippen LogP contribution is -2.32. The third-order valence-electron chi connectivity index (χ3n) is 5.55. The number of ether oxygens (including phenoxy) is 2. The standard InChI is InChI=1S/C26H27N3O3/c1-4-29-22-13-9-8-12-20(22)27-25(29)21(16-18-10-6-5-7-11-18)28-26(30)19-14-15-23(31-2)24(17-19)32-3/h5-15,17,21H,4,16H2,1-3H3,(H,28,30). The summed E-state index contributed by atoms with van der Waals surface area (Å²) in [5.41, 5.74) is 3.60. The number of nitrogens with one attached hydrogen (secondary N) is 1. The number of carbonyl (C=O) groups excluding carboxylic acids is 1. The van der Waals surface area contributed by atoms with Gasteiger partial charge in [0.25, 0.3) is 5.91 Å². The zero-order valence-corrected chi connectivity index (χ0v) is 18.5. The lowest BCUT2D eigenvalue weighted by Gasteiger charge is -2.20. The van der Waals surface area contributed by atoms with Crippen molar-refractivity contribution in [3.8, 4) is 11.5 Å². The van der Waals surface area contributed by atoms with Crippen LogP contribution in [0.1, 0.15) is 34.7 Å². The molecule has 4 aromatic rings. The Morgan fingerprint density at radius 1 is 0.969 bits per heavy atom. The van der Waals surface area contributed by atoms with Crippen molar-refractivity contribution < 1.29 is 14.3 Å². The molecule has 0 fully saturated rings. The van der Waals surface area contributed by atoms with Gasteiger partial charge in [0.15, 0.2) is 11.5 Å². The second-order valence-corrected chi connectivity index (χ2v) is 7.49. The topological polar surface area (TPSA) is 65.4 Å². The zero-order valence-electron chi connectivity index (χ0n) is 18.5. The monoisotopic (exact) mass is 429 g/mol. The zero-order chi connectivity index (χ0) is 22.5. The fourth-order valence-corrected chi connectivity index (χ4v) is 3.97. The maximum atomic E-state index is 13.3. The van der Waals surface area contributed by atoms with Gasteiger partial charge in [0.05, 0.1) is 31.3 Å². The number of methoxy groups -OCH3 is 2. The highest BCUT2D eigenvalue weighted by Crippen LogP contribution is 2.28. The summed E-state index contributed by atoms with van der Waals surface area (Å²) < 4.78 is 12.8. The summed E-state index contributed by atoms with van der Waals surface area (Å²) in [6.45, 7) is 2.85. The van der Waals surface area contributed by atoms with E-state index in [4.69, 9.17) is 14.5 Å². The number of rotatable bonds is 8. The van der Waals surface area contributed by atoms with Gasteiger partial charge >= 0.3 is 0 Å². The number of carbonyl (C=O) groups is 1. The Labute approximate surface area is 187 Å². The quantitative estimate of drug-likeness (QED) is 0.437. The largest absolute Gasteiger partial charge is 0.493 e. The van der Waals surface area contributed by atoms with E-state index in [-0.39, 0.29) is 11.9 Å². The minimum Gasteiger partial charge on any atom is -0.493 e. The van der Waals surface area contributed by atoms with E-state index in [0.717, 1.165) is 29.0 Å². The number of fused-ring (bicyclic) bond motifs is 1. The molecule has 3 aromatic carbocycles. The number of benzene rings is 3. The van der Waals surface area contributed by atoms with Crippen molar-refractivity contribution in [3.63, 3.8) is 0 Å². The summed E-state index contributed by atoms with van der Waals surface area (Å²) in [6, 6.07) is 23.0. The van der Waals surface area contributed by atoms with E-state index in [1.165, 1.54) is 0 Å². The van der Waals surface area contributed by atoms with Gasteiger partial charge in [0.2, 0.25) is 0 Å². The van der Waals surface area contributed by atoms with Gasteiger partial charge in [0, 0.05) is 12.1 Å². The molecule has 1 aromatic heterocycles. The Morgan fingerprint density at radius 3 is 2.41 bits per heavy atom. The van der Waals surface area contributed by atoms with Gasteiger partial charge in [-0.25, -0.2) is 4.98 Å². The molecule has 0 aliphatic rings. The number of amides is 1. The van der Waals surface area contributed by atoms with Gasteiger partial charge in [-0.05, 0) is 49.2 Å². The van der Waals surface area contributed by atoms with Gasteiger partial charge in [-0.2, -0.15) is 0 Å². The number of imidazole rings is 1. The highest BCUT2D eigenvalue weighted by Gasteiger charge is 2.23. The predicted octanol–water partition coefficient (Wildman–Crippen LogP) is 4.79. The summed E-state index contributed by atoms with van der Waals surface area (Å²) in [5.74, 6) is 1.74. The summed E-state index contributed by atoms with van der Waals surface area (Å²) >= 11 is 0. The third-order valence-corrected chi connectivity index (χ3v) is 5.55. The van der Waals surface area contributed by atoms with Gasteiger partial charge in [-0.15, -0.1) is 0 Å². The van der Waals surface area contributed by atoms with Crippen LogP contribution >= 0.6 is 0 Å². The molecular weight excluding hydrogens is 402 g/mol. The van der Waals surface area contributed by atoms with Crippen LogP contribution in [-0.4, -0.2) is 29.7 Å². The summed E-state index contributed by atoms with van der Waals surface area (Å²) in [7, 11) is 3.13. The number of aryl methyl sites for hydroxylation is 1. The van der Waals surface area contributed by atoms with Crippen LogP contribution in [0, 0.1) is 0 Å². The van der Waals surface area contributed by atoms with E-state index in [2.05, 4.69) is 35.0 Å². The molecule has 0 aliphatic heterocycles. The van der Waals surface area contributed by atoms with E-state index in [9.17, 15) is 4.79 Å². The molecule has 0 spiro atoms. The molecule has 1 atom stereocenters. The third kappa shape index (κ3) is 4.30. The van der Waals surface area contributed by atoms with Gasteiger partial charge in [-0.1, -0.05) is 42.5 Å². The number of hydrogen-bond acceptors (Lipinski definition) is 4.